The summed E-state index contributed by atoms with van der Waals surface area (Å²) >= 11 is 0. The molecular formula is C19H34O5. The summed E-state index contributed by atoms with van der Waals surface area (Å²) in [6.07, 6.45) is 9.54. The number of aliphatic hydroxyl groups excluding tert-OH is 3. The molecule has 1 fully saturated rings. The van der Waals surface area contributed by atoms with Crippen LogP contribution in [0.1, 0.15) is 64.7 Å². The van der Waals surface area contributed by atoms with Crippen molar-refractivity contribution in [1.82, 2.24) is 0 Å². The molecule has 1 aliphatic rings. The van der Waals surface area contributed by atoms with Gasteiger partial charge in [0.1, 0.15) is 0 Å². The van der Waals surface area contributed by atoms with E-state index in [4.69, 9.17) is 0 Å². The zero-order valence-electron chi connectivity index (χ0n) is 15.1. The molecule has 3 N–H and O–H groups in total. The van der Waals surface area contributed by atoms with Gasteiger partial charge in [0.15, 0.2) is 0 Å². The lowest BCUT2D eigenvalue weighted by atomic mass is 9.90. The minimum absolute atomic E-state index is 0.0574. The second-order valence-electron chi connectivity index (χ2n) is 6.85. The highest BCUT2D eigenvalue weighted by Crippen LogP contribution is 2.35. The third-order valence-electron chi connectivity index (χ3n) is 5.05. The molecule has 0 amide bonds. The fourth-order valence-electron chi connectivity index (χ4n) is 3.54. The quantitative estimate of drug-likeness (QED) is 0.305. The maximum atomic E-state index is 11.0. The van der Waals surface area contributed by atoms with Crippen LogP contribution in [0.2, 0.25) is 0 Å². The lowest BCUT2D eigenvalue weighted by Gasteiger charge is -2.19. The normalized spacial score (nSPS) is 28.4. The van der Waals surface area contributed by atoms with Crippen molar-refractivity contribution in [2.45, 2.75) is 83.0 Å². The highest BCUT2D eigenvalue weighted by molar-refractivity contribution is 5.68. The van der Waals surface area contributed by atoms with Gasteiger partial charge in [-0.1, -0.05) is 51.2 Å². The number of methoxy groups -OCH3 is 1. The summed E-state index contributed by atoms with van der Waals surface area (Å²) in [6.45, 7) is 2.02. The Labute approximate surface area is 145 Å². The Bertz CT molecular complexity index is 382. The van der Waals surface area contributed by atoms with Crippen LogP contribution >= 0.6 is 0 Å². The molecule has 0 aliphatic heterocycles. The second kappa shape index (κ2) is 11.6. The van der Waals surface area contributed by atoms with Gasteiger partial charge >= 0.3 is 5.97 Å². The maximum absolute atomic E-state index is 11.0. The summed E-state index contributed by atoms with van der Waals surface area (Å²) in [5, 5.41) is 29.9. The minimum Gasteiger partial charge on any atom is -0.469 e. The summed E-state index contributed by atoms with van der Waals surface area (Å²) in [4.78, 5) is 11.0. The largest absolute Gasteiger partial charge is 0.469 e. The zero-order valence-corrected chi connectivity index (χ0v) is 15.1. The fourth-order valence-corrected chi connectivity index (χ4v) is 3.54. The van der Waals surface area contributed by atoms with E-state index in [2.05, 4.69) is 4.74 Å². The van der Waals surface area contributed by atoms with E-state index in [1.807, 2.05) is 13.0 Å². The third kappa shape index (κ3) is 7.32. The Morgan fingerprint density at radius 1 is 1.17 bits per heavy atom. The van der Waals surface area contributed by atoms with Crippen LogP contribution in [0.4, 0.5) is 0 Å². The van der Waals surface area contributed by atoms with Crippen molar-refractivity contribution >= 4 is 5.97 Å². The van der Waals surface area contributed by atoms with Crippen molar-refractivity contribution in [2.75, 3.05) is 7.11 Å². The number of ether oxygens (including phenoxy) is 1. The highest BCUT2D eigenvalue weighted by atomic mass is 16.5. The summed E-state index contributed by atoms with van der Waals surface area (Å²) < 4.78 is 4.60. The van der Waals surface area contributed by atoms with Gasteiger partial charge in [-0.3, -0.25) is 4.79 Å². The van der Waals surface area contributed by atoms with Crippen LogP contribution in [-0.2, 0) is 9.53 Å². The molecule has 0 bridgehead atoms. The van der Waals surface area contributed by atoms with E-state index in [-0.39, 0.29) is 17.8 Å². The molecule has 24 heavy (non-hydrogen) atoms. The van der Waals surface area contributed by atoms with Crippen LogP contribution in [-0.4, -0.2) is 46.7 Å². The van der Waals surface area contributed by atoms with Crippen molar-refractivity contribution in [3.8, 4) is 0 Å². The summed E-state index contributed by atoms with van der Waals surface area (Å²) in [5.74, 6) is -0.128. The van der Waals surface area contributed by atoms with Crippen LogP contribution in [0.3, 0.4) is 0 Å². The maximum Gasteiger partial charge on any atom is 0.305 e. The van der Waals surface area contributed by atoms with Crippen LogP contribution in [0.25, 0.3) is 0 Å². The first-order valence-electron chi connectivity index (χ1n) is 9.28. The molecule has 0 aromatic heterocycles. The van der Waals surface area contributed by atoms with Gasteiger partial charge < -0.3 is 20.1 Å². The van der Waals surface area contributed by atoms with E-state index in [0.29, 0.717) is 19.3 Å². The molecular weight excluding hydrogens is 308 g/mol. The molecule has 5 atom stereocenters. The van der Waals surface area contributed by atoms with E-state index >= 15 is 0 Å². The fraction of sp³-hybridized carbons (Fsp3) is 0.842. The summed E-state index contributed by atoms with van der Waals surface area (Å²) in [6, 6.07) is 0. The van der Waals surface area contributed by atoms with Crippen LogP contribution < -0.4 is 0 Å². The van der Waals surface area contributed by atoms with Crippen LogP contribution in [0, 0.1) is 11.8 Å². The van der Waals surface area contributed by atoms with Gasteiger partial charge in [0.05, 0.1) is 25.4 Å². The lowest BCUT2D eigenvalue weighted by molar-refractivity contribution is -0.140. The smallest absolute Gasteiger partial charge is 0.305 e. The van der Waals surface area contributed by atoms with Crippen molar-refractivity contribution in [3.05, 3.63) is 12.2 Å². The summed E-state index contributed by atoms with van der Waals surface area (Å²) in [7, 11) is 1.41. The molecule has 1 aliphatic carbocycles. The number of hydrogen-bond donors (Lipinski definition) is 3. The molecule has 0 radical (unpaired) electrons. The predicted octanol–water partition coefficient (Wildman–Crippen LogP) is 2.58. The first kappa shape index (κ1) is 21.1. The first-order valence-corrected chi connectivity index (χ1v) is 9.28. The van der Waals surface area contributed by atoms with E-state index in [9.17, 15) is 20.1 Å². The predicted molar refractivity (Wildman–Crippen MR) is 93.4 cm³/mol. The Kier molecular flexibility index (Phi) is 10.2. The number of carbonyl (C=O) groups is 1. The molecule has 5 nitrogen and oxygen atoms in total. The Morgan fingerprint density at radius 3 is 2.50 bits per heavy atom. The SMILES string of the molecule is CC[C@@H]1[C@H](/C=C/[C@@H](O)CCCCCCCC(=O)OC)[C@H](O)C[C@@H]1O. The third-order valence-corrected chi connectivity index (χ3v) is 5.05. The lowest BCUT2D eigenvalue weighted by Crippen LogP contribution is -2.20. The number of rotatable bonds is 11. The standard InChI is InChI=1S/C19H34O5/c1-3-15-16(18(22)13-17(15)21)12-11-14(20)9-7-5-4-6-8-10-19(23)24-2/h11-12,14-18,20-22H,3-10,13H2,1-2H3/b12-11+/t14-,15+,16-,17-,18+/m0/s1. The number of carbonyl (C=O) groups excluding carboxylic acids is 1. The van der Waals surface area contributed by atoms with Gasteiger partial charge in [0.2, 0.25) is 0 Å². The first-order chi connectivity index (χ1) is 11.5. The van der Waals surface area contributed by atoms with Crippen molar-refractivity contribution in [1.29, 1.82) is 0 Å². The summed E-state index contributed by atoms with van der Waals surface area (Å²) in [5.41, 5.74) is 0. The number of aliphatic hydroxyl groups is 3. The molecule has 0 spiro atoms. The Morgan fingerprint density at radius 2 is 1.83 bits per heavy atom. The highest BCUT2D eigenvalue weighted by Gasteiger charge is 2.38. The van der Waals surface area contributed by atoms with E-state index in [1.54, 1.807) is 6.08 Å². The van der Waals surface area contributed by atoms with Crippen LogP contribution in [0.15, 0.2) is 12.2 Å². The molecule has 0 aromatic carbocycles. The van der Waals surface area contributed by atoms with Gasteiger partial charge in [-0.15, -0.1) is 0 Å². The Balaban J connectivity index is 2.15. The number of esters is 1. The van der Waals surface area contributed by atoms with Gasteiger partial charge in [-0.05, 0) is 18.8 Å². The van der Waals surface area contributed by atoms with Gasteiger partial charge in [0.25, 0.3) is 0 Å². The monoisotopic (exact) mass is 342 g/mol. The molecule has 0 unspecified atom stereocenters. The Hall–Kier alpha value is -0.910. The molecule has 5 heteroatoms. The van der Waals surface area contributed by atoms with E-state index < -0.39 is 18.3 Å². The average Bonchev–Trinajstić information content (AvgIpc) is 2.84. The van der Waals surface area contributed by atoms with Crippen molar-refractivity contribution in [3.63, 3.8) is 0 Å². The molecule has 1 rings (SSSR count). The van der Waals surface area contributed by atoms with Gasteiger partial charge in [-0.25, -0.2) is 0 Å². The number of hydrogen-bond acceptors (Lipinski definition) is 5. The molecule has 0 aromatic rings. The van der Waals surface area contributed by atoms with Crippen LogP contribution in [0.5, 0.6) is 0 Å². The minimum atomic E-state index is -0.511. The van der Waals surface area contributed by atoms with Gasteiger partial charge in [0, 0.05) is 18.8 Å². The average molecular weight is 342 g/mol. The molecule has 0 saturated heterocycles. The molecule has 1 saturated carbocycles. The molecule has 0 heterocycles. The van der Waals surface area contributed by atoms with E-state index in [1.165, 1.54) is 7.11 Å². The second-order valence-corrected chi connectivity index (χ2v) is 6.85. The zero-order chi connectivity index (χ0) is 17.9. The topological polar surface area (TPSA) is 87.0 Å². The van der Waals surface area contributed by atoms with Crippen molar-refractivity contribution < 1.29 is 24.9 Å². The van der Waals surface area contributed by atoms with Crippen molar-refractivity contribution in [2.24, 2.45) is 11.8 Å². The number of unbranched alkanes of at least 4 members (excludes halogenated alkanes) is 4. The van der Waals surface area contributed by atoms with Gasteiger partial charge in [-0.2, -0.15) is 0 Å². The molecule has 140 valence electrons. The van der Waals surface area contributed by atoms with E-state index in [0.717, 1.165) is 38.5 Å².